The Morgan fingerprint density at radius 1 is 1.22 bits per heavy atom. The van der Waals surface area contributed by atoms with Crippen LogP contribution in [0.2, 0.25) is 0 Å². The highest BCUT2D eigenvalue weighted by Gasteiger charge is 2.20. The monoisotopic (exact) mass is 397 g/mol. The molecule has 0 aliphatic carbocycles. The first-order valence-electron chi connectivity index (χ1n) is 9.31. The van der Waals surface area contributed by atoms with Gasteiger partial charge in [0.25, 0.3) is 0 Å². The van der Waals surface area contributed by atoms with Crippen LogP contribution in [0.1, 0.15) is 24.8 Å². The smallest absolute Gasteiger partial charge is 0.240 e. The summed E-state index contributed by atoms with van der Waals surface area (Å²) in [6.45, 7) is 3.31. The van der Waals surface area contributed by atoms with Crippen LogP contribution in [0.5, 0.6) is 0 Å². The van der Waals surface area contributed by atoms with Gasteiger partial charge in [-0.3, -0.25) is 4.79 Å². The third-order valence-electron chi connectivity index (χ3n) is 4.68. The minimum absolute atomic E-state index is 0.0428. The molecule has 2 atom stereocenters. The van der Waals surface area contributed by atoms with Gasteiger partial charge in [-0.2, -0.15) is 0 Å². The van der Waals surface area contributed by atoms with E-state index in [0.717, 1.165) is 24.9 Å². The first-order valence-corrected chi connectivity index (χ1v) is 10.8. The Morgan fingerprint density at radius 3 is 2.70 bits per heavy atom. The number of hydrogen-bond acceptors (Lipinski definition) is 6. The maximum atomic E-state index is 12.3. The minimum atomic E-state index is -3.55. The number of amides is 1. The van der Waals surface area contributed by atoms with Crippen LogP contribution < -0.4 is 15.4 Å². The normalized spacial score (nSPS) is 23.3. The molecule has 3 N–H and O–H groups in total. The Kier molecular flexibility index (Phi) is 7.20. The lowest BCUT2D eigenvalue weighted by Crippen LogP contribution is -2.44. The van der Waals surface area contributed by atoms with Crippen molar-refractivity contribution in [3.8, 4) is 0 Å². The number of ether oxygens (including phenoxy) is 2. The van der Waals surface area contributed by atoms with E-state index in [1.54, 1.807) is 24.3 Å². The van der Waals surface area contributed by atoms with Crippen LogP contribution in [0.15, 0.2) is 29.2 Å². The van der Waals surface area contributed by atoms with Crippen molar-refractivity contribution in [2.24, 2.45) is 0 Å². The van der Waals surface area contributed by atoms with Crippen LogP contribution in [-0.2, 0) is 30.8 Å². The molecule has 150 valence electrons. The highest BCUT2D eigenvalue weighted by molar-refractivity contribution is 7.89. The molecule has 1 aromatic carbocycles. The summed E-state index contributed by atoms with van der Waals surface area (Å²) in [6, 6.07) is 6.57. The second-order valence-corrected chi connectivity index (χ2v) is 8.60. The molecule has 1 amide bonds. The minimum Gasteiger partial charge on any atom is -0.378 e. The van der Waals surface area contributed by atoms with Crippen LogP contribution >= 0.6 is 0 Å². The Bertz CT molecular complexity index is 711. The van der Waals surface area contributed by atoms with Crippen LogP contribution in [0, 0.1) is 0 Å². The average molecular weight is 397 g/mol. The Morgan fingerprint density at radius 2 is 2.04 bits per heavy atom. The number of benzene rings is 1. The van der Waals surface area contributed by atoms with Gasteiger partial charge in [-0.15, -0.1) is 0 Å². The highest BCUT2D eigenvalue weighted by Crippen LogP contribution is 2.14. The first kappa shape index (κ1) is 20.2. The summed E-state index contributed by atoms with van der Waals surface area (Å²) >= 11 is 0. The maximum absolute atomic E-state index is 12.3. The molecule has 1 aromatic rings. The van der Waals surface area contributed by atoms with Gasteiger partial charge in [-0.1, -0.05) is 12.1 Å². The van der Waals surface area contributed by atoms with Crippen LogP contribution in [0.3, 0.4) is 0 Å². The quantitative estimate of drug-likeness (QED) is 0.576. The molecule has 0 aromatic heterocycles. The van der Waals surface area contributed by atoms with Gasteiger partial charge in [0.05, 0.1) is 24.2 Å². The number of morpholine rings is 1. The molecule has 2 aliphatic rings. The lowest BCUT2D eigenvalue weighted by Gasteiger charge is -2.23. The SMILES string of the molecule is O=C(CC1COCCN1)NCc1ccc(S(=O)(=O)NCC2CCCO2)cc1. The molecule has 9 heteroatoms. The molecule has 2 unspecified atom stereocenters. The Balaban J connectivity index is 1.45. The number of nitrogens with one attached hydrogen (secondary N) is 3. The zero-order chi connectivity index (χ0) is 19.1. The highest BCUT2D eigenvalue weighted by atomic mass is 32.2. The molecule has 8 nitrogen and oxygen atoms in total. The molecule has 2 heterocycles. The second kappa shape index (κ2) is 9.61. The lowest BCUT2D eigenvalue weighted by molar-refractivity contribution is -0.122. The molecule has 0 spiro atoms. The molecular formula is C18H27N3O5S. The van der Waals surface area contributed by atoms with E-state index < -0.39 is 10.0 Å². The number of carbonyl (C=O) groups is 1. The topological polar surface area (TPSA) is 106 Å². The molecular weight excluding hydrogens is 370 g/mol. The maximum Gasteiger partial charge on any atom is 0.240 e. The van der Waals surface area contributed by atoms with E-state index in [2.05, 4.69) is 15.4 Å². The predicted molar refractivity (Wildman–Crippen MR) is 99.7 cm³/mol. The fourth-order valence-electron chi connectivity index (χ4n) is 3.13. The summed E-state index contributed by atoms with van der Waals surface area (Å²) in [4.78, 5) is 12.2. The van der Waals surface area contributed by atoms with Gasteiger partial charge in [0.2, 0.25) is 15.9 Å². The van der Waals surface area contributed by atoms with E-state index in [0.29, 0.717) is 39.3 Å². The van der Waals surface area contributed by atoms with Crippen LogP contribution in [0.25, 0.3) is 0 Å². The zero-order valence-electron chi connectivity index (χ0n) is 15.3. The van der Waals surface area contributed by atoms with Gasteiger partial charge in [-0.05, 0) is 30.5 Å². The van der Waals surface area contributed by atoms with Crippen molar-refractivity contribution in [3.05, 3.63) is 29.8 Å². The van der Waals surface area contributed by atoms with Crippen molar-refractivity contribution in [2.75, 3.05) is 32.9 Å². The van der Waals surface area contributed by atoms with E-state index in [-0.39, 0.29) is 22.9 Å². The van der Waals surface area contributed by atoms with E-state index in [1.807, 2.05) is 0 Å². The summed E-state index contributed by atoms with van der Waals surface area (Å²) in [5.74, 6) is -0.0621. The largest absolute Gasteiger partial charge is 0.378 e. The van der Waals surface area contributed by atoms with Gasteiger partial charge in [0.1, 0.15) is 0 Å². The number of hydrogen-bond donors (Lipinski definition) is 3. The second-order valence-electron chi connectivity index (χ2n) is 6.84. The van der Waals surface area contributed by atoms with Gasteiger partial charge in [0.15, 0.2) is 0 Å². The van der Waals surface area contributed by atoms with Crippen molar-refractivity contribution < 1.29 is 22.7 Å². The first-order chi connectivity index (χ1) is 13.0. The Hall–Kier alpha value is -1.52. The molecule has 2 fully saturated rings. The van der Waals surface area contributed by atoms with Crippen molar-refractivity contribution >= 4 is 15.9 Å². The summed E-state index contributed by atoms with van der Waals surface area (Å²) in [5.41, 5.74) is 0.842. The third kappa shape index (κ3) is 6.25. The molecule has 3 rings (SSSR count). The standard InChI is InChI=1S/C18H27N3O5S/c22-18(10-15-13-25-9-7-19-15)20-11-14-3-5-17(6-4-14)27(23,24)21-12-16-2-1-8-26-16/h3-6,15-16,19,21H,1-2,7-13H2,(H,20,22). The van der Waals surface area contributed by atoms with Gasteiger partial charge in [0, 0.05) is 38.7 Å². The van der Waals surface area contributed by atoms with Gasteiger partial charge < -0.3 is 20.1 Å². The summed E-state index contributed by atoms with van der Waals surface area (Å²) in [5, 5.41) is 6.09. The molecule has 0 radical (unpaired) electrons. The van der Waals surface area contributed by atoms with Gasteiger partial charge in [-0.25, -0.2) is 13.1 Å². The van der Waals surface area contributed by atoms with E-state index in [9.17, 15) is 13.2 Å². The van der Waals surface area contributed by atoms with E-state index in [4.69, 9.17) is 9.47 Å². The lowest BCUT2D eigenvalue weighted by atomic mass is 10.2. The molecule has 2 saturated heterocycles. The zero-order valence-corrected chi connectivity index (χ0v) is 16.1. The molecule has 27 heavy (non-hydrogen) atoms. The van der Waals surface area contributed by atoms with Gasteiger partial charge >= 0.3 is 0 Å². The molecule has 0 bridgehead atoms. The number of carbonyl (C=O) groups excluding carboxylic acids is 1. The summed E-state index contributed by atoms with van der Waals surface area (Å²) < 4.78 is 38.0. The van der Waals surface area contributed by atoms with E-state index in [1.165, 1.54) is 0 Å². The van der Waals surface area contributed by atoms with Crippen LogP contribution in [-0.4, -0.2) is 59.4 Å². The summed E-state index contributed by atoms with van der Waals surface area (Å²) in [7, 11) is -3.55. The summed E-state index contributed by atoms with van der Waals surface area (Å²) in [6.07, 6.45) is 2.17. The van der Waals surface area contributed by atoms with Crippen molar-refractivity contribution in [1.82, 2.24) is 15.4 Å². The predicted octanol–water partition coefficient (Wildman–Crippen LogP) is 0.139. The fourth-order valence-corrected chi connectivity index (χ4v) is 4.19. The van der Waals surface area contributed by atoms with Crippen LogP contribution in [0.4, 0.5) is 0 Å². The molecule has 0 saturated carbocycles. The number of sulfonamides is 1. The van der Waals surface area contributed by atoms with Crippen molar-refractivity contribution in [1.29, 1.82) is 0 Å². The Labute approximate surface area is 160 Å². The molecule has 2 aliphatic heterocycles. The van der Waals surface area contributed by atoms with E-state index >= 15 is 0 Å². The number of rotatable bonds is 8. The van der Waals surface area contributed by atoms with Crippen molar-refractivity contribution in [2.45, 2.75) is 42.8 Å². The average Bonchev–Trinajstić information content (AvgIpc) is 3.20. The third-order valence-corrected chi connectivity index (χ3v) is 6.12. The fraction of sp³-hybridized carbons (Fsp3) is 0.611. The van der Waals surface area contributed by atoms with Crippen molar-refractivity contribution in [3.63, 3.8) is 0 Å².